The van der Waals surface area contributed by atoms with Crippen LogP contribution in [0.3, 0.4) is 0 Å². The lowest BCUT2D eigenvalue weighted by molar-refractivity contribution is 0.330. The van der Waals surface area contributed by atoms with Crippen LogP contribution in [0.15, 0.2) is 12.1 Å². The van der Waals surface area contributed by atoms with Crippen molar-refractivity contribution in [1.82, 2.24) is 4.98 Å². The third-order valence-electron chi connectivity index (χ3n) is 3.83. The molecule has 0 unspecified atom stereocenters. The summed E-state index contributed by atoms with van der Waals surface area (Å²) in [6.45, 7) is 4.29. The van der Waals surface area contributed by atoms with Crippen LogP contribution >= 0.6 is 0 Å². The van der Waals surface area contributed by atoms with Crippen molar-refractivity contribution in [2.45, 2.75) is 52.0 Å². The zero-order valence-electron chi connectivity index (χ0n) is 10.9. The van der Waals surface area contributed by atoms with E-state index >= 15 is 0 Å². The molecule has 2 rings (SSSR count). The highest BCUT2D eigenvalue weighted by Crippen LogP contribution is 2.29. The number of hydrogen-bond acceptors (Lipinski definition) is 3. The molecule has 0 saturated heterocycles. The third-order valence-corrected chi connectivity index (χ3v) is 3.83. The van der Waals surface area contributed by atoms with E-state index in [1.54, 1.807) is 0 Å². The number of anilines is 2. The molecule has 1 saturated carbocycles. The van der Waals surface area contributed by atoms with Gasteiger partial charge in [0.1, 0.15) is 5.82 Å². The molecule has 94 valence electrons. The van der Waals surface area contributed by atoms with E-state index in [0.717, 1.165) is 23.1 Å². The fourth-order valence-corrected chi connectivity index (χ4v) is 2.59. The lowest BCUT2D eigenvalue weighted by Gasteiger charge is -2.29. The van der Waals surface area contributed by atoms with Crippen molar-refractivity contribution in [1.29, 1.82) is 0 Å². The topological polar surface area (TPSA) is 50.9 Å². The number of rotatable bonds is 3. The van der Waals surface area contributed by atoms with Crippen molar-refractivity contribution >= 4 is 11.5 Å². The van der Waals surface area contributed by atoms with Crippen LogP contribution in [-0.2, 0) is 0 Å². The molecule has 3 N–H and O–H groups in total. The van der Waals surface area contributed by atoms with Crippen molar-refractivity contribution in [2.75, 3.05) is 11.1 Å². The van der Waals surface area contributed by atoms with Crippen LogP contribution in [0.5, 0.6) is 0 Å². The molecule has 1 heterocycles. The first-order valence-electron chi connectivity index (χ1n) is 6.68. The summed E-state index contributed by atoms with van der Waals surface area (Å²) in [6, 6.07) is 4.44. The van der Waals surface area contributed by atoms with Crippen LogP contribution in [0.1, 0.15) is 44.7 Å². The minimum atomic E-state index is 0.550. The predicted molar refractivity (Wildman–Crippen MR) is 73.0 cm³/mol. The highest BCUT2D eigenvalue weighted by molar-refractivity contribution is 5.61. The molecule has 0 bridgehead atoms. The summed E-state index contributed by atoms with van der Waals surface area (Å²) in [5, 5.41) is 3.50. The Bertz CT molecular complexity index is 368. The number of hydrogen-bond donors (Lipinski definition) is 2. The lowest BCUT2D eigenvalue weighted by atomic mass is 9.84. The molecule has 3 nitrogen and oxygen atoms in total. The third kappa shape index (κ3) is 3.11. The quantitative estimate of drug-likeness (QED) is 0.841. The Morgan fingerprint density at radius 3 is 2.65 bits per heavy atom. The van der Waals surface area contributed by atoms with Crippen molar-refractivity contribution < 1.29 is 0 Å². The van der Waals surface area contributed by atoms with Crippen molar-refractivity contribution in [3.8, 4) is 0 Å². The zero-order valence-corrected chi connectivity index (χ0v) is 10.9. The van der Waals surface area contributed by atoms with Gasteiger partial charge in [-0.2, -0.15) is 0 Å². The predicted octanol–water partition coefficient (Wildman–Crippen LogP) is 3.35. The van der Waals surface area contributed by atoms with Gasteiger partial charge in [0.15, 0.2) is 0 Å². The number of nitrogen functional groups attached to an aromatic ring is 1. The summed E-state index contributed by atoms with van der Waals surface area (Å²) in [6.07, 6.45) is 6.47. The fourth-order valence-electron chi connectivity index (χ4n) is 2.59. The molecule has 1 aliphatic rings. The molecule has 17 heavy (non-hydrogen) atoms. The number of aryl methyl sites for hydroxylation is 1. The fraction of sp³-hybridized carbons (Fsp3) is 0.643. The van der Waals surface area contributed by atoms with Gasteiger partial charge in [-0.3, -0.25) is 0 Å². The number of pyridine rings is 1. The first-order valence-corrected chi connectivity index (χ1v) is 6.68. The van der Waals surface area contributed by atoms with E-state index in [1.807, 2.05) is 19.1 Å². The maximum Gasteiger partial charge on any atom is 0.149 e. The monoisotopic (exact) mass is 233 g/mol. The maximum atomic E-state index is 5.94. The molecule has 3 heteroatoms. The van der Waals surface area contributed by atoms with E-state index in [4.69, 9.17) is 5.73 Å². The molecule has 1 aromatic rings. The average Bonchev–Trinajstić information content (AvgIpc) is 2.35. The molecule has 1 fully saturated rings. The average molecular weight is 233 g/mol. The van der Waals surface area contributed by atoms with E-state index in [1.165, 1.54) is 32.1 Å². The van der Waals surface area contributed by atoms with Crippen LogP contribution in [0.4, 0.5) is 11.5 Å². The van der Waals surface area contributed by atoms with Crippen LogP contribution in [-0.4, -0.2) is 11.0 Å². The normalized spacial score (nSPS) is 24.6. The van der Waals surface area contributed by atoms with Gasteiger partial charge in [0.2, 0.25) is 0 Å². The summed E-state index contributed by atoms with van der Waals surface area (Å²) in [5.41, 5.74) is 7.71. The second-order valence-corrected chi connectivity index (χ2v) is 5.16. The summed E-state index contributed by atoms with van der Waals surface area (Å²) in [7, 11) is 0. The first-order chi connectivity index (χ1) is 8.19. The Kier molecular flexibility index (Phi) is 3.87. The molecule has 0 radical (unpaired) electrons. The Morgan fingerprint density at radius 2 is 2.00 bits per heavy atom. The second-order valence-electron chi connectivity index (χ2n) is 5.16. The Morgan fingerprint density at radius 1 is 1.29 bits per heavy atom. The molecule has 1 aliphatic carbocycles. The Labute approximate surface area is 104 Å². The van der Waals surface area contributed by atoms with Gasteiger partial charge in [-0.25, -0.2) is 4.98 Å². The van der Waals surface area contributed by atoms with Gasteiger partial charge in [-0.15, -0.1) is 0 Å². The number of nitrogens with two attached hydrogens (primary N) is 1. The van der Waals surface area contributed by atoms with Gasteiger partial charge in [0.25, 0.3) is 0 Å². The highest BCUT2D eigenvalue weighted by Gasteiger charge is 2.20. The molecule has 1 aromatic heterocycles. The summed E-state index contributed by atoms with van der Waals surface area (Å²) in [5.74, 6) is 1.79. The minimum Gasteiger partial charge on any atom is -0.396 e. The van der Waals surface area contributed by atoms with E-state index in [9.17, 15) is 0 Å². The summed E-state index contributed by atoms with van der Waals surface area (Å²) in [4.78, 5) is 4.47. The SMILES string of the molecule is CCC1CCC(Nc2nc(C)ccc2N)CC1. The smallest absolute Gasteiger partial charge is 0.149 e. The number of aromatic nitrogens is 1. The highest BCUT2D eigenvalue weighted by atomic mass is 15.0. The number of nitrogens with zero attached hydrogens (tertiary/aromatic N) is 1. The van der Waals surface area contributed by atoms with Gasteiger partial charge >= 0.3 is 0 Å². The molecule has 0 spiro atoms. The molecule has 0 aromatic carbocycles. The van der Waals surface area contributed by atoms with E-state index in [2.05, 4.69) is 17.2 Å². The van der Waals surface area contributed by atoms with E-state index < -0.39 is 0 Å². The van der Waals surface area contributed by atoms with Gasteiger partial charge in [0, 0.05) is 11.7 Å². The van der Waals surface area contributed by atoms with Crippen LogP contribution in [0, 0.1) is 12.8 Å². The zero-order chi connectivity index (χ0) is 12.3. The minimum absolute atomic E-state index is 0.550. The van der Waals surface area contributed by atoms with Gasteiger partial charge < -0.3 is 11.1 Å². The molecular weight excluding hydrogens is 210 g/mol. The number of nitrogens with one attached hydrogen (secondary N) is 1. The van der Waals surface area contributed by atoms with Crippen molar-refractivity contribution in [3.63, 3.8) is 0 Å². The summed E-state index contributed by atoms with van der Waals surface area (Å²) < 4.78 is 0. The largest absolute Gasteiger partial charge is 0.396 e. The van der Waals surface area contributed by atoms with E-state index in [0.29, 0.717) is 6.04 Å². The lowest BCUT2D eigenvalue weighted by Crippen LogP contribution is -2.26. The van der Waals surface area contributed by atoms with Crippen LogP contribution < -0.4 is 11.1 Å². The van der Waals surface area contributed by atoms with Gasteiger partial charge in [0.05, 0.1) is 5.69 Å². The molecular formula is C14H23N3. The van der Waals surface area contributed by atoms with Crippen molar-refractivity contribution in [2.24, 2.45) is 5.92 Å². The Hall–Kier alpha value is -1.25. The van der Waals surface area contributed by atoms with Gasteiger partial charge in [-0.1, -0.05) is 13.3 Å². The molecule has 0 aliphatic heterocycles. The molecule has 0 atom stereocenters. The first kappa shape index (κ1) is 12.2. The standard InChI is InChI=1S/C14H23N3/c1-3-11-5-7-12(8-6-11)17-14-13(15)9-4-10(2)16-14/h4,9,11-12H,3,5-8,15H2,1-2H3,(H,16,17). The van der Waals surface area contributed by atoms with Crippen LogP contribution in [0.2, 0.25) is 0 Å². The second kappa shape index (κ2) is 5.39. The van der Waals surface area contributed by atoms with Gasteiger partial charge in [-0.05, 0) is 50.7 Å². The van der Waals surface area contributed by atoms with Crippen molar-refractivity contribution in [3.05, 3.63) is 17.8 Å². The Balaban J connectivity index is 1.95. The summed E-state index contributed by atoms with van der Waals surface area (Å²) >= 11 is 0. The van der Waals surface area contributed by atoms with Crippen LogP contribution in [0.25, 0.3) is 0 Å². The maximum absolute atomic E-state index is 5.94. The molecule has 0 amide bonds. The van der Waals surface area contributed by atoms with E-state index in [-0.39, 0.29) is 0 Å².